The van der Waals surface area contributed by atoms with Gasteiger partial charge in [-0.1, -0.05) is 18.2 Å². The van der Waals surface area contributed by atoms with Gasteiger partial charge >= 0.3 is 0 Å². The van der Waals surface area contributed by atoms with Crippen LogP contribution in [0.5, 0.6) is 0 Å². The predicted molar refractivity (Wildman–Crippen MR) is 62.9 cm³/mol. The highest BCUT2D eigenvalue weighted by atomic mass is 16.3. The van der Waals surface area contributed by atoms with Crippen molar-refractivity contribution in [1.29, 1.82) is 0 Å². The van der Waals surface area contributed by atoms with Crippen LogP contribution in [0.4, 0.5) is 0 Å². The number of fused-ring (bicyclic) bond motifs is 1. The molecule has 0 fully saturated rings. The highest BCUT2D eigenvalue weighted by Crippen LogP contribution is 2.20. The molecule has 4 heteroatoms. The Labute approximate surface area is 97.5 Å². The summed E-state index contributed by atoms with van der Waals surface area (Å²) in [5.41, 5.74) is 1.36. The standard InChI is InChI=1S/C13H10N2O2/c1-15-10-6-3-2-5-9(10)12(14-15)13(16)11-7-4-8-17-11/h2-8H,1H3. The number of nitrogens with zero attached hydrogens (tertiary/aromatic N) is 2. The first-order valence-electron chi connectivity index (χ1n) is 5.27. The van der Waals surface area contributed by atoms with Crippen molar-refractivity contribution in [2.75, 3.05) is 0 Å². The number of benzene rings is 1. The molecule has 0 bridgehead atoms. The monoisotopic (exact) mass is 226 g/mol. The van der Waals surface area contributed by atoms with Crippen LogP contribution in [-0.2, 0) is 7.05 Å². The molecule has 0 N–H and O–H groups in total. The van der Waals surface area contributed by atoms with Crippen molar-refractivity contribution in [3.8, 4) is 0 Å². The molecule has 17 heavy (non-hydrogen) atoms. The van der Waals surface area contributed by atoms with Crippen LogP contribution in [0.2, 0.25) is 0 Å². The van der Waals surface area contributed by atoms with Gasteiger partial charge in [-0.25, -0.2) is 0 Å². The first-order valence-corrected chi connectivity index (χ1v) is 5.27. The van der Waals surface area contributed by atoms with Crippen molar-refractivity contribution in [1.82, 2.24) is 9.78 Å². The van der Waals surface area contributed by atoms with Crippen LogP contribution >= 0.6 is 0 Å². The highest BCUT2D eigenvalue weighted by molar-refractivity contribution is 6.13. The lowest BCUT2D eigenvalue weighted by molar-refractivity contribution is 0.100. The van der Waals surface area contributed by atoms with Gasteiger partial charge in [0.05, 0.1) is 11.8 Å². The predicted octanol–water partition coefficient (Wildman–Crippen LogP) is 2.40. The average molecular weight is 226 g/mol. The summed E-state index contributed by atoms with van der Waals surface area (Å²) in [6.07, 6.45) is 1.48. The number of hydrogen-bond acceptors (Lipinski definition) is 3. The smallest absolute Gasteiger partial charge is 0.248 e. The second-order valence-corrected chi connectivity index (χ2v) is 3.80. The van der Waals surface area contributed by atoms with Crippen LogP contribution in [0.1, 0.15) is 16.2 Å². The lowest BCUT2D eigenvalue weighted by Crippen LogP contribution is -2.02. The van der Waals surface area contributed by atoms with Crippen LogP contribution < -0.4 is 0 Å². The Kier molecular flexibility index (Phi) is 2.08. The van der Waals surface area contributed by atoms with E-state index in [9.17, 15) is 4.79 Å². The van der Waals surface area contributed by atoms with Gasteiger partial charge in [-0.2, -0.15) is 5.10 Å². The third-order valence-corrected chi connectivity index (χ3v) is 2.72. The fourth-order valence-electron chi connectivity index (χ4n) is 1.91. The zero-order chi connectivity index (χ0) is 11.8. The first-order chi connectivity index (χ1) is 8.27. The molecule has 0 atom stereocenters. The summed E-state index contributed by atoms with van der Waals surface area (Å²) in [7, 11) is 1.82. The molecular formula is C13H10N2O2. The van der Waals surface area contributed by atoms with Crippen LogP contribution in [-0.4, -0.2) is 15.6 Å². The molecule has 4 nitrogen and oxygen atoms in total. The summed E-state index contributed by atoms with van der Waals surface area (Å²) >= 11 is 0. The summed E-state index contributed by atoms with van der Waals surface area (Å²) in [4.78, 5) is 12.2. The third-order valence-electron chi connectivity index (χ3n) is 2.72. The number of para-hydroxylation sites is 1. The number of aryl methyl sites for hydroxylation is 1. The molecule has 2 heterocycles. The molecule has 0 aliphatic heterocycles. The molecule has 84 valence electrons. The molecule has 3 rings (SSSR count). The molecule has 1 aromatic carbocycles. The fourth-order valence-corrected chi connectivity index (χ4v) is 1.91. The van der Waals surface area contributed by atoms with Crippen molar-refractivity contribution >= 4 is 16.7 Å². The maximum Gasteiger partial charge on any atom is 0.248 e. The number of furan rings is 1. The molecule has 2 aromatic heterocycles. The van der Waals surface area contributed by atoms with Gasteiger partial charge in [0, 0.05) is 12.4 Å². The number of aromatic nitrogens is 2. The largest absolute Gasteiger partial charge is 0.461 e. The van der Waals surface area contributed by atoms with E-state index in [1.165, 1.54) is 6.26 Å². The van der Waals surface area contributed by atoms with E-state index in [-0.39, 0.29) is 5.78 Å². The van der Waals surface area contributed by atoms with Crippen molar-refractivity contribution in [2.24, 2.45) is 7.05 Å². The maximum atomic E-state index is 12.2. The van der Waals surface area contributed by atoms with Crippen LogP contribution in [0.3, 0.4) is 0 Å². The van der Waals surface area contributed by atoms with Crippen molar-refractivity contribution < 1.29 is 9.21 Å². The first kappa shape index (κ1) is 9.84. The van der Waals surface area contributed by atoms with Gasteiger partial charge in [0.15, 0.2) is 5.76 Å². The molecule has 0 saturated heterocycles. The van der Waals surface area contributed by atoms with Gasteiger partial charge in [0.25, 0.3) is 0 Å². The molecule has 0 saturated carbocycles. The minimum atomic E-state index is -0.188. The third kappa shape index (κ3) is 1.45. The minimum Gasteiger partial charge on any atom is -0.461 e. The number of carbonyl (C=O) groups excluding carboxylic acids is 1. The van der Waals surface area contributed by atoms with E-state index in [1.807, 2.05) is 31.3 Å². The van der Waals surface area contributed by atoms with Crippen LogP contribution in [0.25, 0.3) is 10.9 Å². The summed E-state index contributed by atoms with van der Waals surface area (Å²) in [5, 5.41) is 5.10. The second kappa shape index (κ2) is 3.59. The molecule has 0 radical (unpaired) electrons. The van der Waals surface area contributed by atoms with Crippen LogP contribution in [0.15, 0.2) is 47.1 Å². The number of carbonyl (C=O) groups is 1. The molecule has 3 aromatic rings. The van der Waals surface area contributed by atoms with Gasteiger partial charge in [-0.3, -0.25) is 9.48 Å². The van der Waals surface area contributed by atoms with Gasteiger partial charge in [0.2, 0.25) is 5.78 Å². The molecule has 0 spiro atoms. The van der Waals surface area contributed by atoms with Gasteiger partial charge in [-0.15, -0.1) is 0 Å². The Morgan fingerprint density at radius 1 is 1.24 bits per heavy atom. The molecule has 0 aliphatic rings. The van der Waals surface area contributed by atoms with Gasteiger partial charge in [0.1, 0.15) is 5.69 Å². The van der Waals surface area contributed by atoms with E-state index < -0.39 is 0 Å². The number of rotatable bonds is 2. The topological polar surface area (TPSA) is 48.0 Å². The normalized spacial score (nSPS) is 10.9. The van der Waals surface area contributed by atoms with Crippen molar-refractivity contribution in [3.63, 3.8) is 0 Å². The van der Waals surface area contributed by atoms with E-state index in [0.29, 0.717) is 11.5 Å². The summed E-state index contributed by atoms with van der Waals surface area (Å²) in [6.45, 7) is 0. The number of hydrogen-bond donors (Lipinski definition) is 0. The van der Waals surface area contributed by atoms with Gasteiger partial charge < -0.3 is 4.42 Å². The summed E-state index contributed by atoms with van der Waals surface area (Å²) in [5.74, 6) is 0.126. The molecular weight excluding hydrogens is 216 g/mol. The fraction of sp³-hybridized carbons (Fsp3) is 0.0769. The van der Waals surface area contributed by atoms with Crippen molar-refractivity contribution in [2.45, 2.75) is 0 Å². The minimum absolute atomic E-state index is 0.188. The molecule has 0 unspecified atom stereocenters. The highest BCUT2D eigenvalue weighted by Gasteiger charge is 2.19. The van der Waals surface area contributed by atoms with E-state index in [1.54, 1.807) is 16.8 Å². The Bertz CT molecular complexity index is 681. The van der Waals surface area contributed by atoms with Crippen molar-refractivity contribution in [3.05, 3.63) is 54.1 Å². The van der Waals surface area contributed by atoms with E-state index in [0.717, 1.165) is 10.9 Å². The average Bonchev–Trinajstić information content (AvgIpc) is 2.97. The Balaban J connectivity index is 2.22. The second-order valence-electron chi connectivity index (χ2n) is 3.80. The lowest BCUT2D eigenvalue weighted by atomic mass is 10.1. The Morgan fingerprint density at radius 3 is 2.82 bits per heavy atom. The SMILES string of the molecule is Cn1nc(C(=O)c2ccco2)c2ccccc21. The summed E-state index contributed by atoms with van der Waals surface area (Å²) < 4.78 is 6.81. The summed E-state index contributed by atoms with van der Waals surface area (Å²) in [6, 6.07) is 11.0. The lowest BCUT2D eigenvalue weighted by Gasteiger charge is -1.92. The maximum absolute atomic E-state index is 12.2. The Morgan fingerprint density at radius 2 is 2.06 bits per heavy atom. The number of ketones is 1. The zero-order valence-corrected chi connectivity index (χ0v) is 9.25. The van der Waals surface area contributed by atoms with E-state index in [2.05, 4.69) is 5.10 Å². The van der Waals surface area contributed by atoms with Crippen LogP contribution in [0, 0.1) is 0 Å². The van der Waals surface area contributed by atoms with E-state index in [4.69, 9.17) is 4.42 Å². The zero-order valence-electron chi connectivity index (χ0n) is 9.25. The molecule has 0 amide bonds. The van der Waals surface area contributed by atoms with Gasteiger partial charge in [-0.05, 0) is 18.2 Å². The Hall–Kier alpha value is -2.36. The molecule has 0 aliphatic carbocycles. The quantitative estimate of drug-likeness (QED) is 0.630. The van der Waals surface area contributed by atoms with E-state index >= 15 is 0 Å².